The van der Waals surface area contributed by atoms with Gasteiger partial charge in [-0.3, -0.25) is 0 Å². The van der Waals surface area contributed by atoms with Crippen molar-refractivity contribution in [2.24, 2.45) is 0 Å². The molecule has 1 aliphatic heterocycles. The predicted molar refractivity (Wildman–Crippen MR) is 72.2 cm³/mol. The molecule has 1 aromatic carbocycles. The van der Waals surface area contributed by atoms with E-state index in [1.807, 2.05) is 6.07 Å². The lowest BCUT2D eigenvalue weighted by molar-refractivity contribution is 0.242. The van der Waals surface area contributed by atoms with Crippen molar-refractivity contribution in [3.8, 4) is 0 Å². The first-order chi connectivity index (χ1) is 8.28. The van der Waals surface area contributed by atoms with Crippen LogP contribution >= 0.6 is 0 Å². The van der Waals surface area contributed by atoms with Crippen LogP contribution in [0.5, 0.6) is 0 Å². The first kappa shape index (κ1) is 11.7. The Bertz CT molecular complexity index is 623. The molecule has 18 heavy (non-hydrogen) atoms. The second-order valence-electron chi connectivity index (χ2n) is 6.48. The molecule has 0 atom stereocenters. The van der Waals surface area contributed by atoms with Gasteiger partial charge in [-0.1, -0.05) is 0 Å². The number of nitrogens with one attached hydrogen (secondary N) is 2. The number of H-pyrrole nitrogens is 1. The van der Waals surface area contributed by atoms with Gasteiger partial charge in [0, 0.05) is 39.7 Å². The van der Waals surface area contributed by atoms with Gasteiger partial charge in [0.25, 0.3) is 0 Å². The molecule has 0 saturated heterocycles. The van der Waals surface area contributed by atoms with Gasteiger partial charge in [0.05, 0.1) is 0 Å². The van der Waals surface area contributed by atoms with Crippen LogP contribution in [0.15, 0.2) is 18.2 Å². The summed E-state index contributed by atoms with van der Waals surface area (Å²) in [6, 6.07) is 4.97. The maximum absolute atomic E-state index is 13.5. The molecule has 0 unspecified atom stereocenters. The van der Waals surface area contributed by atoms with Gasteiger partial charge in [-0.05, 0) is 45.9 Å². The van der Waals surface area contributed by atoms with Crippen LogP contribution in [-0.4, -0.2) is 10.5 Å². The largest absolute Gasteiger partial charge is 0.358 e. The smallest absolute Gasteiger partial charge is 0.123 e. The van der Waals surface area contributed by atoms with Crippen LogP contribution < -0.4 is 5.32 Å². The highest BCUT2D eigenvalue weighted by atomic mass is 19.1. The molecule has 0 fully saturated rings. The highest BCUT2D eigenvalue weighted by molar-refractivity contribution is 5.86. The minimum Gasteiger partial charge on any atom is -0.358 e. The van der Waals surface area contributed by atoms with Crippen molar-refractivity contribution in [1.29, 1.82) is 0 Å². The lowest BCUT2D eigenvalue weighted by Gasteiger charge is -2.42. The average Bonchev–Trinajstić information content (AvgIpc) is 2.51. The fourth-order valence-corrected chi connectivity index (χ4v) is 3.46. The first-order valence-electron chi connectivity index (χ1n) is 6.38. The third-order valence-corrected chi connectivity index (χ3v) is 3.73. The van der Waals surface area contributed by atoms with Crippen LogP contribution in [-0.2, 0) is 12.0 Å². The van der Waals surface area contributed by atoms with Gasteiger partial charge < -0.3 is 10.3 Å². The fourth-order valence-electron chi connectivity index (χ4n) is 3.46. The van der Waals surface area contributed by atoms with Crippen LogP contribution in [0.1, 0.15) is 39.0 Å². The topological polar surface area (TPSA) is 27.8 Å². The van der Waals surface area contributed by atoms with Crippen molar-refractivity contribution >= 4 is 10.9 Å². The Labute approximate surface area is 107 Å². The van der Waals surface area contributed by atoms with Crippen LogP contribution in [0.2, 0.25) is 0 Å². The van der Waals surface area contributed by atoms with E-state index < -0.39 is 0 Å². The molecule has 0 radical (unpaired) electrons. The number of benzene rings is 1. The Morgan fingerprint density at radius 2 is 1.89 bits per heavy atom. The molecule has 0 amide bonds. The van der Waals surface area contributed by atoms with E-state index in [1.54, 1.807) is 6.07 Å². The molecule has 0 aliphatic carbocycles. The Morgan fingerprint density at radius 3 is 2.61 bits per heavy atom. The van der Waals surface area contributed by atoms with E-state index in [2.05, 4.69) is 38.0 Å². The first-order valence-corrected chi connectivity index (χ1v) is 6.38. The number of aromatic nitrogens is 1. The van der Waals surface area contributed by atoms with Crippen molar-refractivity contribution in [2.75, 3.05) is 0 Å². The summed E-state index contributed by atoms with van der Waals surface area (Å²) >= 11 is 0. The van der Waals surface area contributed by atoms with Crippen molar-refractivity contribution in [3.05, 3.63) is 35.3 Å². The predicted octanol–water partition coefficient (Wildman–Crippen LogP) is 3.47. The summed E-state index contributed by atoms with van der Waals surface area (Å²) in [6.07, 6.45) is 0.933. The van der Waals surface area contributed by atoms with Crippen molar-refractivity contribution in [1.82, 2.24) is 10.3 Å². The van der Waals surface area contributed by atoms with E-state index >= 15 is 0 Å². The standard InChI is InChI=1S/C15H19FN2/c1-14(2)8-12-13(15(3,4)18-14)10-7-9(16)5-6-11(10)17-12/h5-7,17-18H,8H2,1-4H3. The van der Waals surface area contributed by atoms with Crippen molar-refractivity contribution in [2.45, 2.75) is 45.2 Å². The number of hydrogen-bond donors (Lipinski definition) is 2. The van der Waals surface area contributed by atoms with Gasteiger partial charge in [-0.25, -0.2) is 4.39 Å². The van der Waals surface area contributed by atoms with Crippen LogP contribution in [0.4, 0.5) is 4.39 Å². The molecule has 96 valence electrons. The second-order valence-corrected chi connectivity index (χ2v) is 6.48. The Hall–Kier alpha value is -1.35. The quantitative estimate of drug-likeness (QED) is 0.732. The molecule has 2 N–H and O–H groups in total. The SMILES string of the molecule is CC1(C)Cc2[nH]c3ccc(F)cc3c2C(C)(C)N1. The summed E-state index contributed by atoms with van der Waals surface area (Å²) in [6.45, 7) is 8.71. The van der Waals surface area contributed by atoms with Crippen LogP contribution in [0.25, 0.3) is 10.9 Å². The molecule has 1 aliphatic rings. The summed E-state index contributed by atoms with van der Waals surface area (Å²) in [5.74, 6) is -0.176. The lowest BCUT2D eigenvalue weighted by atomic mass is 9.80. The number of fused-ring (bicyclic) bond motifs is 3. The van der Waals surface area contributed by atoms with E-state index in [4.69, 9.17) is 0 Å². The van der Waals surface area contributed by atoms with E-state index in [0.29, 0.717) is 0 Å². The summed E-state index contributed by atoms with van der Waals surface area (Å²) in [5.41, 5.74) is 3.36. The molecule has 0 saturated carbocycles. The number of hydrogen-bond acceptors (Lipinski definition) is 1. The Kier molecular flexibility index (Phi) is 2.18. The van der Waals surface area contributed by atoms with Gasteiger partial charge in [-0.15, -0.1) is 0 Å². The van der Waals surface area contributed by atoms with Gasteiger partial charge in [-0.2, -0.15) is 0 Å². The number of aromatic amines is 1. The third kappa shape index (κ3) is 1.65. The zero-order valence-electron chi connectivity index (χ0n) is 11.3. The molecule has 3 heteroatoms. The monoisotopic (exact) mass is 246 g/mol. The fraction of sp³-hybridized carbons (Fsp3) is 0.467. The number of halogens is 1. The molecule has 0 spiro atoms. The molecule has 1 aromatic heterocycles. The average molecular weight is 246 g/mol. The van der Waals surface area contributed by atoms with Crippen molar-refractivity contribution < 1.29 is 4.39 Å². The van der Waals surface area contributed by atoms with Crippen molar-refractivity contribution in [3.63, 3.8) is 0 Å². The van der Waals surface area contributed by atoms with E-state index in [1.165, 1.54) is 17.3 Å². The molecular weight excluding hydrogens is 227 g/mol. The van der Waals surface area contributed by atoms with E-state index in [-0.39, 0.29) is 16.9 Å². The molecule has 3 rings (SSSR count). The van der Waals surface area contributed by atoms with Gasteiger partial charge in [0.15, 0.2) is 0 Å². The zero-order chi connectivity index (χ0) is 13.1. The minimum atomic E-state index is -0.176. The molecule has 2 nitrogen and oxygen atoms in total. The summed E-state index contributed by atoms with van der Waals surface area (Å²) < 4.78 is 13.5. The maximum Gasteiger partial charge on any atom is 0.123 e. The lowest BCUT2D eigenvalue weighted by Crippen LogP contribution is -2.55. The van der Waals surface area contributed by atoms with Gasteiger partial charge >= 0.3 is 0 Å². The third-order valence-electron chi connectivity index (χ3n) is 3.73. The maximum atomic E-state index is 13.5. The Balaban J connectivity index is 2.32. The molecule has 2 aromatic rings. The zero-order valence-corrected chi connectivity index (χ0v) is 11.3. The minimum absolute atomic E-state index is 0.0515. The van der Waals surface area contributed by atoms with Crippen LogP contribution in [0.3, 0.4) is 0 Å². The second kappa shape index (κ2) is 3.35. The van der Waals surface area contributed by atoms with Crippen LogP contribution in [0, 0.1) is 5.82 Å². The normalized spacial score (nSPS) is 20.9. The highest BCUT2D eigenvalue weighted by Gasteiger charge is 2.38. The van der Waals surface area contributed by atoms with Gasteiger partial charge in [0.1, 0.15) is 5.82 Å². The van der Waals surface area contributed by atoms with E-state index in [9.17, 15) is 4.39 Å². The molecular formula is C15H19FN2. The highest BCUT2D eigenvalue weighted by Crippen LogP contribution is 2.39. The summed E-state index contributed by atoms with van der Waals surface area (Å²) in [5, 5.41) is 4.64. The number of rotatable bonds is 0. The van der Waals surface area contributed by atoms with Gasteiger partial charge in [0.2, 0.25) is 0 Å². The van der Waals surface area contributed by atoms with E-state index in [0.717, 1.165) is 17.3 Å². The summed E-state index contributed by atoms with van der Waals surface area (Å²) in [7, 11) is 0. The summed E-state index contributed by atoms with van der Waals surface area (Å²) in [4.78, 5) is 3.45. The Morgan fingerprint density at radius 1 is 1.17 bits per heavy atom. The molecule has 2 heterocycles. The molecule has 0 bridgehead atoms.